The summed E-state index contributed by atoms with van der Waals surface area (Å²) in [6.07, 6.45) is 0. The largest absolute Gasteiger partial charge is 0.456 e. The van der Waals surface area contributed by atoms with E-state index in [1.165, 1.54) is 41.7 Å². The molecule has 0 saturated carbocycles. The van der Waals surface area contributed by atoms with Gasteiger partial charge in [0, 0.05) is 63.8 Å². The molecular weight excluding hydrogens is 781 g/mol. The predicted octanol–water partition coefficient (Wildman–Crippen LogP) is 15.3. The van der Waals surface area contributed by atoms with Crippen molar-refractivity contribution in [2.45, 2.75) is 0 Å². The molecule has 0 N–H and O–H groups in total. The van der Waals surface area contributed by atoms with E-state index in [0.717, 1.165) is 77.3 Å². The van der Waals surface area contributed by atoms with Crippen molar-refractivity contribution in [3.8, 4) is 39.9 Å². The highest BCUT2D eigenvalue weighted by atomic mass is 32.1. The highest BCUT2D eigenvalue weighted by Crippen LogP contribution is 2.43. The van der Waals surface area contributed by atoms with Crippen LogP contribution in [0, 0.1) is 0 Å². The third-order valence-electron chi connectivity index (χ3n) is 12.4. The van der Waals surface area contributed by atoms with E-state index in [-0.39, 0.29) is 0 Å². The lowest BCUT2D eigenvalue weighted by Gasteiger charge is -2.13. The zero-order valence-corrected chi connectivity index (χ0v) is 33.7. The molecule has 288 valence electrons. The average molecular weight is 811 g/mol. The number of aromatic nitrogens is 4. The van der Waals surface area contributed by atoms with Crippen LogP contribution in [0.25, 0.3) is 136 Å². The number of hydrogen-bond acceptors (Lipinski definition) is 6. The van der Waals surface area contributed by atoms with E-state index in [2.05, 4.69) is 144 Å². The lowest BCUT2D eigenvalue weighted by molar-refractivity contribution is 0.668. The Morgan fingerprint density at radius 1 is 0.355 bits per heavy atom. The molecule has 0 radical (unpaired) electrons. The maximum atomic E-state index is 6.74. The Morgan fingerprint density at radius 3 is 1.76 bits per heavy atom. The molecule has 0 aliphatic rings. The maximum Gasteiger partial charge on any atom is 0.164 e. The Balaban J connectivity index is 1.06. The van der Waals surface area contributed by atoms with Crippen LogP contribution in [0.1, 0.15) is 0 Å². The Morgan fingerprint density at radius 2 is 0.935 bits per heavy atom. The Hall–Kier alpha value is -8.13. The van der Waals surface area contributed by atoms with E-state index in [9.17, 15) is 0 Å². The van der Waals surface area contributed by atoms with Gasteiger partial charge in [0.25, 0.3) is 0 Å². The zero-order chi connectivity index (χ0) is 40.5. The summed E-state index contributed by atoms with van der Waals surface area (Å²) < 4.78 is 17.8. The molecule has 0 fully saturated rings. The van der Waals surface area contributed by atoms with Gasteiger partial charge in [-0.25, -0.2) is 15.0 Å². The van der Waals surface area contributed by atoms with Crippen molar-refractivity contribution in [2.75, 3.05) is 0 Å². The summed E-state index contributed by atoms with van der Waals surface area (Å²) in [4.78, 5) is 15.9. The number of hydrogen-bond donors (Lipinski definition) is 0. The van der Waals surface area contributed by atoms with Gasteiger partial charge in [0.2, 0.25) is 0 Å². The molecule has 7 heteroatoms. The van der Waals surface area contributed by atoms with E-state index in [1.54, 1.807) is 11.3 Å². The van der Waals surface area contributed by atoms with Crippen LogP contribution in [-0.2, 0) is 0 Å². The summed E-state index contributed by atoms with van der Waals surface area (Å²) in [7, 11) is 0. The molecule has 0 saturated heterocycles. The van der Waals surface area contributed by atoms with Gasteiger partial charge in [-0.3, -0.25) is 0 Å². The van der Waals surface area contributed by atoms with E-state index < -0.39 is 0 Å². The molecule has 9 aromatic carbocycles. The molecule has 0 amide bonds. The molecule has 5 aromatic heterocycles. The van der Waals surface area contributed by atoms with Gasteiger partial charge < -0.3 is 13.4 Å². The summed E-state index contributed by atoms with van der Waals surface area (Å²) in [6.45, 7) is 0. The Bertz CT molecular complexity index is 4060. The molecule has 0 bridgehead atoms. The van der Waals surface area contributed by atoms with Gasteiger partial charge in [0.1, 0.15) is 22.3 Å². The van der Waals surface area contributed by atoms with Crippen molar-refractivity contribution in [3.05, 3.63) is 182 Å². The zero-order valence-electron chi connectivity index (χ0n) is 32.8. The maximum absolute atomic E-state index is 6.74. The topological polar surface area (TPSA) is 69.9 Å². The number of rotatable bonds is 4. The fourth-order valence-corrected chi connectivity index (χ4v) is 10.6. The minimum Gasteiger partial charge on any atom is -0.456 e. The highest BCUT2D eigenvalue weighted by Gasteiger charge is 2.22. The van der Waals surface area contributed by atoms with Crippen molar-refractivity contribution in [3.63, 3.8) is 0 Å². The summed E-state index contributed by atoms with van der Waals surface area (Å²) in [6, 6.07) is 63.9. The molecule has 14 aromatic rings. The van der Waals surface area contributed by atoms with Crippen LogP contribution in [0.3, 0.4) is 0 Å². The number of para-hydroxylation sites is 3. The number of fused-ring (bicyclic) bond motifs is 13. The minimum absolute atomic E-state index is 0.548. The molecule has 0 spiro atoms. The van der Waals surface area contributed by atoms with E-state index in [1.807, 2.05) is 42.5 Å². The van der Waals surface area contributed by atoms with Gasteiger partial charge in [0.15, 0.2) is 17.5 Å². The molecule has 14 rings (SSSR count). The number of thiophene rings is 1. The summed E-state index contributed by atoms with van der Waals surface area (Å²) in [5, 5.41) is 11.3. The third-order valence-corrected chi connectivity index (χ3v) is 13.6. The number of nitrogens with zero attached hydrogens (tertiary/aromatic N) is 4. The normalized spacial score (nSPS) is 12.2. The van der Waals surface area contributed by atoms with Gasteiger partial charge in [-0.2, -0.15) is 0 Å². The second kappa shape index (κ2) is 12.7. The molecule has 5 heterocycles. The fraction of sp³-hybridized carbons (Fsp3) is 0. The lowest BCUT2D eigenvalue weighted by atomic mass is 10.0. The van der Waals surface area contributed by atoms with Crippen LogP contribution in [0.2, 0.25) is 0 Å². The van der Waals surface area contributed by atoms with Gasteiger partial charge >= 0.3 is 0 Å². The number of furan rings is 2. The molecular formula is C55H30N4O2S. The lowest BCUT2D eigenvalue weighted by Crippen LogP contribution is -2.01. The summed E-state index contributed by atoms with van der Waals surface area (Å²) in [5.74, 6) is 1.71. The molecule has 0 atom stereocenters. The molecule has 6 nitrogen and oxygen atoms in total. The molecule has 0 aliphatic carbocycles. The van der Waals surface area contributed by atoms with E-state index in [4.69, 9.17) is 23.8 Å². The van der Waals surface area contributed by atoms with Crippen LogP contribution >= 0.6 is 11.3 Å². The van der Waals surface area contributed by atoms with Gasteiger partial charge in [-0.05, 0) is 95.7 Å². The standard InChI is InChI=1S/C55H30N4O2S/c1-2-12-32-28-44-40(25-31(32)11-1)36-13-3-7-17-43(36)59(44)45-29-35(30-49-52(45)39-16-5-9-19-47(39)61-49)55-57-53(33-21-23-48-41(26-33)37-14-4-8-18-46(37)60-48)56-54(58-55)34-22-24-51-42(27-34)38-15-6-10-20-50(38)62-51/h1-30H. The first kappa shape index (κ1) is 33.7. The van der Waals surface area contributed by atoms with Crippen LogP contribution in [0.5, 0.6) is 0 Å². The second-order valence-corrected chi connectivity index (χ2v) is 17.0. The number of benzene rings is 9. The second-order valence-electron chi connectivity index (χ2n) is 16.0. The highest BCUT2D eigenvalue weighted by molar-refractivity contribution is 7.25. The van der Waals surface area contributed by atoms with Gasteiger partial charge in [-0.1, -0.05) is 97.1 Å². The van der Waals surface area contributed by atoms with Crippen LogP contribution in [0.4, 0.5) is 0 Å². The van der Waals surface area contributed by atoms with E-state index in [0.29, 0.717) is 17.5 Å². The SMILES string of the molecule is c1ccc2cc3c(cc2c1)c1ccccc1n3-c1cc(-c2nc(-c3ccc4oc5ccccc5c4c3)nc(-c3ccc4sc5ccccc5c4c3)n2)cc2oc3ccccc3c12. The van der Waals surface area contributed by atoms with Crippen LogP contribution in [-0.4, -0.2) is 19.5 Å². The van der Waals surface area contributed by atoms with Crippen molar-refractivity contribution in [1.29, 1.82) is 0 Å². The van der Waals surface area contributed by atoms with Gasteiger partial charge in [-0.15, -0.1) is 11.3 Å². The average Bonchev–Trinajstić information content (AvgIpc) is 4.09. The minimum atomic E-state index is 0.548. The smallest absolute Gasteiger partial charge is 0.164 e. The monoisotopic (exact) mass is 810 g/mol. The Labute approximate surface area is 356 Å². The van der Waals surface area contributed by atoms with Crippen molar-refractivity contribution >= 4 is 108 Å². The quantitative estimate of drug-likeness (QED) is 0.177. The first-order chi connectivity index (χ1) is 30.7. The predicted molar refractivity (Wildman–Crippen MR) is 255 cm³/mol. The van der Waals surface area contributed by atoms with Gasteiger partial charge in [0.05, 0.1) is 22.1 Å². The third kappa shape index (κ3) is 4.94. The first-order valence-corrected chi connectivity index (χ1v) is 21.5. The van der Waals surface area contributed by atoms with E-state index >= 15 is 0 Å². The van der Waals surface area contributed by atoms with Crippen molar-refractivity contribution in [1.82, 2.24) is 19.5 Å². The fourth-order valence-electron chi connectivity index (χ4n) is 9.55. The van der Waals surface area contributed by atoms with Crippen molar-refractivity contribution in [2.24, 2.45) is 0 Å². The van der Waals surface area contributed by atoms with Crippen molar-refractivity contribution < 1.29 is 8.83 Å². The van der Waals surface area contributed by atoms with Crippen LogP contribution in [0.15, 0.2) is 191 Å². The summed E-state index contributed by atoms with van der Waals surface area (Å²) >= 11 is 1.80. The summed E-state index contributed by atoms with van der Waals surface area (Å²) in [5.41, 5.74) is 9.06. The first-order valence-electron chi connectivity index (χ1n) is 20.7. The Kier molecular flexibility index (Phi) is 6.89. The molecule has 0 unspecified atom stereocenters. The molecule has 0 aliphatic heterocycles. The molecule has 62 heavy (non-hydrogen) atoms. The van der Waals surface area contributed by atoms with Crippen LogP contribution < -0.4 is 0 Å².